The Morgan fingerprint density at radius 1 is 0.694 bits per heavy atom. The number of aliphatic hydroxyl groups is 2. The minimum Gasteiger partial charge on any atom is -0.481 e. The molecule has 7 atom stereocenters. The van der Waals surface area contributed by atoms with Crippen molar-refractivity contribution in [1.82, 2.24) is 26.6 Å². The van der Waals surface area contributed by atoms with Gasteiger partial charge in [-0.2, -0.15) is 0 Å². The van der Waals surface area contributed by atoms with Crippen molar-refractivity contribution in [2.75, 3.05) is 6.61 Å². The lowest BCUT2D eigenvalue weighted by molar-refractivity contribution is -0.406. The summed E-state index contributed by atoms with van der Waals surface area (Å²) in [6.07, 6.45) is -2.15. The zero-order chi connectivity index (χ0) is 37.4. The van der Waals surface area contributed by atoms with E-state index in [0.29, 0.717) is 12.0 Å². The number of benzene rings is 1. The van der Waals surface area contributed by atoms with E-state index in [2.05, 4.69) is 32.3 Å². The van der Waals surface area contributed by atoms with Crippen LogP contribution in [0.25, 0.3) is 0 Å². The standard InChI is InChI=1S/C32H50N6O11/c1-16(2)13-20(33)27(43)35-22(14-19-9-7-6-8-10-19)29(45)36-23(15-39)30(46)38-26(18(5)40)31(47)34-21(11-12-24(41)42)28(44)37-25(17(3)4)32(48)49/h6-10,16-18,20-23,25-26,39-40H,11-15,33H2,1-5H3,(H,34,47)(H,35,43)(H,36,45)(H,37,44)(H,38,46)(H,41,42)(H,48,49)/p+1/t18-,20+,21+,22+,23+,25+,26+/m1/s1. The van der Waals surface area contributed by atoms with Crippen molar-refractivity contribution in [2.45, 2.75) is 103 Å². The van der Waals surface area contributed by atoms with Gasteiger partial charge in [0.2, 0.25) is 23.6 Å². The van der Waals surface area contributed by atoms with E-state index in [1.807, 2.05) is 13.8 Å². The predicted molar refractivity (Wildman–Crippen MR) is 174 cm³/mol. The van der Waals surface area contributed by atoms with Gasteiger partial charge in [0.25, 0.3) is 5.91 Å². The highest BCUT2D eigenvalue weighted by molar-refractivity contribution is 5.96. The topological polar surface area (TPSA) is 288 Å². The molecule has 0 radical (unpaired) electrons. The molecule has 17 nitrogen and oxygen atoms in total. The van der Waals surface area contributed by atoms with Crippen molar-refractivity contribution in [3.63, 3.8) is 0 Å². The Balaban J connectivity index is 3.16. The fourth-order valence-corrected chi connectivity index (χ4v) is 4.72. The summed E-state index contributed by atoms with van der Waals surface area (Å²) in [7, 11) is 0. The van der Waals surface area contributed by atoms with Crippen LogP contribution in [0.15, 0.2) is 30.3 Å². The quantitative estimate of drug-likeness (QED) is 0.0631. The first-order chi connectivity index (χ1) is 22.9. The zero-order valence-electron chi connectivity index (χ0n) is 28.5. The smallest absolute Gasteiger partial charge is 0.326 e. The van der Waals surface area contributed by atoms with Gasteiger partial charge in [-0.15, -0.1) is 0 Å². The lowest BCUT2D eigenvalue weighted by atomic mass is 10.0. The minimum atomic E-state index is -1.76. The van der Waals surface area contributed by atoms with Crippen LogP contribution in [0.2, 0.25) is 0 Å². The first kappa shape index (κ1) is 42.4. The lowest BCUT2D eigenvalue weighted by Gasteiger charge is -2.28. The van der Waals surface area contributed by atoms with Gasteiger partial charge in [0.1, 0.15) is 30.2 Å². The molecule has 0 aliphatic rings. The largest absolute Gasteiger partial charge is 0.481 e. The van der Waals surface area contributed by atoms with Crippen molar-refractivity contribution in [1.29, 1.82) is 0 Å². The number of aliphatic hydroxyl groups excluding tert-OH is 2. The fraction of sp³-hybridized carbons (Fsp3) is 0.594. The van der Waals surface area contributed by atoms with Crippen LogP contribution in [0.4, 0.5) is 0 Å². The number of aliphatic carboxylic acids is 2. The Morgan fingerprint density at radius 3 is 1.69 bits per heavy atom. The number of carbonyl (C=O) groups is 7. The third-order valence-electron chi connectivity index (χ3n) is 7.43. The van der Waals surface area contributed by atoms with Gasteiger partial charge in [0, 0.05) is 19.3 Å². The van der Waals surface area contributed by atoms with E-state index in [4.69, 9.17) is 5.11 Å². The number of quaternary nitrogens is 1. The normalized spacial score (nSPS) is 15.5. The Bertz CT molecular complexity index is 1290. The Hall–Kier alpha value is -4.61. The molecule has 1 rings (SSSR count). The number of carbonyl (C=O) groups excluding carboxylic acids is 5. The van der Waals surface area contributed by atoms with E-state index < -0.39 is 109 Å². The molecule has 0 aromatic heterocycles. The van der Waals surface area contributed by atoms with Gasteiger partial charge in [-0.25, -0.2) is 4.79 Å². The van der Waals surface area contributed by atoms with Gasteiger partial charge in [0.05, 0.1) is 12.7 Å². The number of hydrogen-bond donors (Lipinski definition) is 10. The first-order valence-corrected chi connectivity index (χ1v) is 16.0. The van der Waals surface area contributed by atoms with Crippen LogP contribution in [-0.4, -0.2) is 111 Å². The van der Waals surface area contributed by atoms with Crippen molar-refractivity contribution in [3.8, 4) is 0 Å². The van der Waals surface area contributed by atoms with E-state index in [-0.39, 0.29) is 12.3 Å². The molecule has 274 valence electrons. The molecule has 0 spiro atoms. The summed E-state index contributed by atoms with van der Waals surface area (Å²) in [4.78, 5) is 88.4. The summed E-state index contributed by atoms with van der Waals surface area (Å²) in [5.74, 6) is -7.63. The highest BCUT2D eigenvalue weighted by Gasteiger charge is 2.35. The van der Waals surface area contributed by atoms with Crippen molar-refractivity contribution in [3.05, 3.63) is 35.9 Å². The highest BCUT2D eigenvalue weighted by Crippen LogP contribution is 2.08. The van der Waals surface area contributed by atoms with Crippen LogP contribution in [-0.2, 0) is 40.0 Å². The van der Waals surface area contributed by atoms with Gasteiger partial charge >= 0.3 is 11.9 Å². The first-order valence-electron chi connectivity index (χ1n) is 16.0. The molecular weight excluding hydrogens is 644 g/mol. The zero-order valence-corrected chi connectivity index (χ0v) is 28.5. The van der Waals surface area contributed by atoms with E-state index in [1.165, 1.54) is 13.8 Å². The Morgan fingerprint density at radius 2 is 1.20 bits per heavy atom. The van der Waals surface area contributed by atoms with Crippen LogP contribution in [0.5, 0.6) is 0 Å². The number of hydrogen-bond acceptors (Lipinski definition) is 9. The lowest BCUT2D eigenvalue weighted by Crippen LogP contribution is -2.69. The number of rotatable bonds is 21. The second-order valence-electron chi connectivity index (χ2n) is 12.6. The predicted octanol–water partition coefficient (Wildman–Crippen LogP) is -2.71. The minimum absolute atomic E-state index is 0.0324. The summed E-state index contributed by atoms with van der Waals surface area (Å²) in [5.41, 5.74) is 4.55. The molecule has 5 amide bonds. The van der Waals surface area contributed by atoms with Gasteiger partial charge in [-0.1, -0.05) is 58.0 Å². The van der Waals surface area contributed by atoms with Gasteiger partial charge in [0.15, 0.2) is 6.04 Å². The molecule has 17 heteroatoms. The number of carboxylic acid groups (broad SMARTS) is 2. The summed E-state index contributed by atoms with van der Waals surface area (Å²) < 4.78 is 0. The van der Waals surface area contributed by atoms with Crippen LogP contribution in [0.1, 0.15) is 59.4 Å². The molecule has 0 bridgehead atoms. The second-order valence-corrected chi connectivity index (χ2v) is 12.6. The van der Waals surface area contributed by atoms with Gasteiger partial charge in [-0.05, 0) is 30.7 Å². The van der Waals surface area contributed by atoms with Crippen LogP contribution in [0, 0.1) is 11.8 Å². The third kappa shape index (κ3) is 15.0. The monoisotopic (exact) mass is 695 g/mol. The second kappa shape index (κ2) is 20.7. The Kier molecular flexibility index (Phi) is 17.9. The molecule has 0 aliphatic carbocycles. The molecule has 1 aromatic carbocycles. The van der Waals surface area contributed by atoms with E-state index >= 15 is 0 Å². The average molecular weight is 696 g/mol. The summed E-state index contributed by atoms with van der Waals surface area (Å²) >= 11 is 0. The van der Waals surface area contributed by atoms with Crippen molar-refractivity contribution < 1.29 is 59.7 Å². The highest BCUT2D eigenvalue weighted by atomic mass is 16.4. The van der Waals surface area contributed by atoms with Crippen molar-refractivity contribution >= 4 is 41.5 Å². The third-order valence-corrected chi connectivity index (χ3v) is 7.43. The van der Waals surface area contributed by atoms with Crippen molar-refractivity contribution in [2.24, 2.45) is 11.8 Å². The average Bonchev–Trinajstić information content (AvgIpc) is 3.01. The molecule has 1 aromatic rings. The maximum absolute atomic E-state index is 13.4. The molecule has 0 saturated heterocycles. The molecule has 12 N–H and O–H groups in total. The number of amides is 5. The van der Waals surface area contributed by atoms with Gasteiger partial charge < -0.3 is 52.7 Å². The number of nitrogens with one attached hydrogen (secondary N) is 5. The summed E-state index contributed by atoms with van der Waals surface area (Å²) in [6.45, 7) is 7.08. The van der Waals surface area contributed by atoms with E-state index in [1.54, 1.807) is 30.3 Å². The molecular formula is C32H51N6O11+. The summed E-state index contributed by atoms with van der Waals surface area (Å²) in [6, 6.07) is 0.527. The fourth-order valence-electron chi connectivity index (χ4n) is 4.72. The van der Waals surface area contributed by atoms with E-state index in [9.17, 15) is 48.9 Å². The molecule has 0 aliphatic heterocycles. The molecule has 0 unspecified atom stereocenters. The van der Waals surface area contributed by atoms with Crippen LogP contribution < -0.4 is 32.3 Å². The SMILES string of the molecule is CC(C)C[C@H]([NH3+])C(=O)N[C@@H](Cc1ccccc1)C(=O)N[C@@H](CO)C(=O)N[C@H](C(=O)N[C@@H](CCC(=O)O)C(=O)N[C@H](C(=O)O)C(C)C)[C@@H](C)O. The molecule has 0 heterocycles. The van der Waals surface area contributed by atoms with E-state index in [0.717, 1.165) is 6.92 Å². The van der Waals surface area contributed by atoms with Gasteiger partial charge in [-0.3, -0.25) is 28.8 Å². The number of carboxylic acids is 2. The van der Waals surface area contributed by atoms with Crippen LogP contribution >= 0.6 is 0 Å². The molecule has 0 saturated carbocycles. The molecule has 49 heavy (non-hydrogen) atoms. The maximum Gasteiger partial charge on any atom is 0.326 e. The van der Waals surface area contributed by atoms with Crippen LogP contribution in [0.3, 0.4) is 0 Å². The maximum atomic E-state index is 13.4. The summed E-state index contributed by atoms with van der Waals surface area (Å²) in [5, 5.41) is 50.6. The Labute approximate surface area is 284 Å². The molecule has 0 fully saturated rings.